The summed E-state index contributed by atoms with van der Waals surface area (Å²) in [7, 11) is 0. The van der Waals surface area contributed by atoms with Gasteiger partial charge in [-0.15, -0.1) is 0 Å². The number of amides is 2. The largest absolute Gasteiger partial charge is 0.332 e. The SMILES string of the molecule is O=C(C[C@H]1C(=O)N(c2ccccc2)C(=S)N1Cc1ccccc1)Nc1ccccc1. The van der Waals surface area contributed by atoms with E-state index in [0.29, 0.717) is 23.0 Å². The summed E-state index contributed by atoms with van der Waals surface area (Å²) in [6.45, 7) is 0.456. The smallest absolute Gasteiger partial charge is 0.256 e. The van der Waals surface area contributed by atoms with E-state index in [0.717, 1.165) is 5.56 Å². The van der Waals surface area contributed by atoms with Gasteiger partial charge in [-0.2, -0.15) is 0 Å². The molecule has 5 nitrogen and oxygen atoms in total. The molecule has 1 fully saturated rings. The molecule has 0 bridgehead atoms. The van der Waals surface area contributed by atoms with E-state index >= 15 is 0 Å². The molecule has 4 rings (SSSR count). The molecule has 0 radical (unpaired) electrons. The van der Waals surface area contributed by atoms with Gasteiger partial charge in [0, 0.05) is 12.2 Å². The van der Waals surface area contributed by atoms with Crippen molar-refractivity contribution >= 4 is 40.5 Å². The minimum Gasteiger partial charge on any atom is -0.332 e. The highest BCUT2D eigenvalue weighted by Crippen LogP contribution is 2.28. The van der Waals surface area contributed by atoms with Crippen LogP contribution >= 0.6 is 12.2 Å². The predicted octanol–water partition coefficient (Wildman–Crippen LogP) is 4.22. The fourth-order valence-corrected chi connectivity index (χ4v) is 3.90. The molecule has 0 spiro atoms. The Balaban J connectivity index is 1.59. The van der Waals surface area contributed by atoms with Crippen molar-refractivity contribution in [3.8, 4) is 0 Å². The summed E-state index contributed by atoms with van der Waals surface area (Å²) in [5.74, 6) is -0.416. The molecule has 0 aromatic heterocycles. The zero-order valence-corrected chi connectivity index (χ0v) is 17.1. The molecule has 1 heterocycles. The third kappa shape index (κ3) is 4.23. The zero-order chi connectivity index (χ0) is 20.9. The normalized spacial score (nSPS) is 16.1. The second kappa shape index (κ2) is 8.88. The first-order valence-electron chi connectivity index (χ1n) is 9.72. The molecule has 1 N–H and O–H groups in total. The van der Waals surface area contributed by atoms with Crippen molar-refractivity contribution in [3.63, 3.8) is 0 Å². The third-order valence-corrected chi connectivity index (χ3v) is 5.38. The van der Waals surface area contributed by atoms with E-state index in [9.17, 15) is 9.59 Å². The standard InChI is InChI=1S/C24H21N3O2S/c28-22(25-19-12-6-2-7-13-19)16-21-23(29)27(20-14-8-3-9-15-20)24(30)26(21)17-18-10-4-1-5-11-18/h1-15,21H,16-17H2,(H,25,28)/t21-/m0/s1. The van der Waals surface area contributed by atoms with Gasteiger partial charge in [0.05, 0.1) is 12.1 Å². The van der Waals surface area contributed by atoms with Gasteiger partial charge in [0.15, 0.2) is 5.11 Å². The molecule has 30 heavy (non-hydrogen) atoms. The van der Waals surface area contributed by atoms with Gasteiger partial charge in [0.2, 0.25) is 5.91 Å². The lowest BCUT2D eigenvalue weighted by Crippen LogP contribution is -2.37. The maximum Gasteiger partial charge on any atom is 0.256 e. The Kier molecular flexibility index (Phi) is 5.86. The van der Waals surface area contributed by atoms with E-state index < -0.39 is 6.04 Å². The molecule has 0 unspecified atom stereocenters. The van der Waals surface area contributed by atoms with Crippen molar-refractivity contribution in [2.75, 3.05) is 10.2 Å². The van der Waals surface area contributed by atoms with E-state index in [1.54, 1.807) is 0 Å². The molecular weight excluding hydrogens is 394 g/mol. The van der Waals surface area contributed by atoms with Gasteiger partial charge in [-0.25, -0.2) is 0 Å². The fourth-order valence-electron chi connectivity index (χ4n) is 3.52. The summed E-state index contributed by atoms with van der Waals surface area (Å²) in [6, 6.07) is 27.7. The monoisotopic (exact) mass is 415 g/mol. The van der Waals surface area contributed by atoms with Gasteiger partial charge in [0.25, 0.3) is 5.91 Å². The maximum atomic E-state index is 13.3. The molecule has 0 saturated carbocycles. The lowest BCUT2D eigenvalue weighted by atomic mass is 10.1. The molecule has 0 aliphatic carbocycles. The van der Waals surface area contributed by atoms with Crippen LogP contribution in [-0.4, -0.2) is 27.9 Å². The first-order chi connectivity index (χ1) is 14.6. The maximum absolute atomic E-state index is 13.3. The Bertz CT molecular complexity index is 1040. The molecule has 1 aliphatic rings. The van der Waals surface area contributed by atoms with Crippen LogP contribution < -0.4 is 10.2 Å². The summed E-state index contributed by atoms with van der Waals surface area (Å²) in [4.78, 5) is 29.4. The summed E-state index contributed by atoms with van der Waals surface area (Å²) in [5.41, 5.74) is 2.43. The van der Waals surface area contributed by atoms with Crippen LogP contribution in [0, 0.1) is 0 Å². The predicted molar refractivity (Wildman–Crippen MR) is 122 cm³/mol. The first-order valence-corrected chi connectivity index (χ1v) is 10.1. The summed E-state index contributed by atoms with van der Waals surface area (Å²) in [6.07, 6.45) is 0.0179. The van der Waals surface area contributed by atoms with Crippen molar-refractivity contribution in [2.45, 2.75) is 19.0 Å². The van der Waals surface area contributed by atoms with E-state index in [1.807, 2.05) is 95.9 Å². The molecule has 1 atom stereocenters. The van der Waals surface area contributed by atoms with Crippen LogP contribution in [-0.2, 0) is 16.1 Å². The van der Waals surface area contributed by atoms with Gasteiger partial charge in [0.1, 0.15) is 6.04 Å². The molecule has 150 valence electrons. The van der Waals surface area contributed by atoms with Gasteiger partial charge >= 0.3 is 0 Å². The minimum atomic E-state index is -0.665. The summed E-state index contributed by atoms with van der Waals surface area (Å²) >= 11 is 5.68. The molecule has 2 amide bonds. The van der Waals surface area contributed by atoms with Crippen molar-refractivity contribution in [1.29, 1.82) is 0 Å². The van der Waals surface area contributed by atoms with Crippen LogP contribution in [0.15, 0.2) is 91.0 Å². The first kappa shape index (κ1) is 19.8. The average molecular weight is 416 g/mol. The topological polar surface area (TPSA) is 52.7 Å². The van der Waals surface area contributed by atoms with Crippen LogP contribution in [0.1, 0.15) is 12.0 Å². The van der Waals surface area contributed by atoms with E-state index in [1.165, 1.54) is 4.90 Å². The van der Waals surface area contributed by atoms with Crippen molar-refractivity contribution in [3.05, 3.63) is 96.6 Å². The highest BCUT2D eigenvalue weighted by Gasteiger charge is 2.44. The van der Waals surface area contributed by atoms with Crippen LogP contribution in [0.5, 0.6) is 0 Å². The number of para-hydroxylation sites is 2. The molecule has 3 aromatic carbocycles. The molecular formula is C24H21N3O2S. The number of nitrogens with one attached hydrogen (secondary N) is 1. The van der Waals surface area contributed by atoms with Gasteiger partial charge < -0.3 is 10.2 Å². The number of hydrogen-bond acceptors (Lipinski definition) is 3. The third-order valence-electron chi connectivity index (χ3n) is 4.97. The Labute approximate surface area is 180 Å². The van der Waals surface area contributed by atoms with Crippen molar-refractivity contribution in [2.24, 2.45) is 0 Å². The van der Waals surface area contributed by atoms with Crippen LogP contribution in [0.4, 0.5) is 11.4 Å². The Hall–Kier alpha value is -3.51. The average Bonchev–Trinajstić information content (AvgIpc) is 2.99. The van der Waals surface area contributed by atoms with Crippen LogP contribution in [0.3, 0.4) is 0 Å². The van der Waals surface area contributed by atoms with E-state index in [-0.39, 0.29) is 18.2 Å². The minimum absolute atomic E-state index is 0.0179. The van der Waals surface area contributed by atoms with Gasteiger partial charge in [-0.1, -0.05) is 66.7 Å². The number of hydrogen-bond donors (Lipinski definition) is 1. The van der Waals surface area contributed by atoms with Gasteiger partial charge in [-0.05, 0) is 42.0 Å². The molecule has 1 aliphatic heterocycles. The zero-order valence-electron chi connectivity index (χ0n) is 16.3. The molecule has 6 heteroatoms. The summed E-state index contributed by atoms with van der Waals surface area (Å²) in [5, 5.41) is 3.27. The quantitative estimate of drug-likeness (QED) is 0.613. The van der Waals surface area contributed by atoms with E-state index in [4.69, 9.17) is 12.2 Å². The summed E-state index contributed by atoms with van der Waals surface area (Å²) < 4.78 is 0. The second-order valence-electron chi connectivity index (χ2n) is 7.04. The number of carbonyl (C=O) groups excluding carboxylic acids is 2. The lowest BCUT2D eigenvalue weighted by Gasteiger charge is -2.24. The number of carbonyl (C=O) groups is 2. The number of thiocarbonyl (C=S) groups is 1. The number of rotatable bonds is 6. The number of anilines is 2. The Morgan fingerprint density at radius 1 is 0.867 bits per heavy atom. The number of nitrogens with zero attached hydrogens (tertiary/aromatic N) is 2. The van der Waals surface area contributed by atoms with E-state index in [2.05, 4.69) is 5.32 Å². The van der Waals surface area contributed by atoms with Crippen molar-refractivity contribution < 1.29 is 9.59 Å². The Morgan fingerprint density at radius 3 is 2.07 bits per heavy atom. The highest BCUT2D eigenvalue weighted by atomic mass is 32.1. The van der Waals surface area contributed by atoms with Crippen molar-refractivity contribution in [1.82, 2.24) is 4.90 Å². The van der Waals surface area contributed by atoms with Gasteiger partial charge in [-0.3, -0.25) is 14.5 Å². The second-order valence-corrected chi connectivity index (χ2v) is 7.40. The molecule has 1 saturated heterocycles. The van der Waals surface area contributed by atoms with Crippen LogP contribution in [0.2, 0.25) is 0 Å². The Morgan fingerprint density at radius 2 is 1.43 bits per heavy atom. The van der Waals surface area contributed by atoms with Crippen LogP contribution in [0.25, 0.3) is 0 Å². The fraction of sp³-hybridized carbons (Fsp3) is 0.125. The molecule has 3 aromatic rings. The highest BCUT2D eigenvalue weighted by molar-refractivity contribution is 7.80. The number of benzene rings is 3. The lowest BCUT2D eigenvalue weighted by molar-refractivity contribution is -0.124.